The third-order valence-electron chi connectivity index (χ3n) is 4.43. The van der Waals surface area contributed by atoms with Crippen LogP contribution in [0, 0.1) is 5.92 Å². The van der Waals surface area contributed by atoms with Crippen molar-refractivity contribution in [2.45, 2.75) is 32.4 Å². The van der Waals surface area contributed by atoms with Gasteiger partial charge in [-0.15, -0.1) is 0 Å². The summed E-state index contributed by atoms with van der Waals surface area (Å²) < 4.78 is 1.85. The van der Waals surface area contributed by atoms with Crippen molar-refractivity contribution in [2.75, 3.05) is 13.6 Å². The predicted molar refractivity (Wildman–Crippen MR) is 90.2 cm³/mol. The number of aromatic nitrogens is 2. The summed E-state index contributed by atoms with van der Waals surface area (Å²) >= 11 is 0. The van der Waals surface area contributed by atoms with E-state index in [9.17, 15) is 4.79 Å². The average Bonchev–Trinajstić information content (AvgIpc) is 3.03. The minimum Gasteiger partial charge on any atom is -0.341 e. The molecule has 0 spiro atoms. The summed E-state index contributed by atoms with van der Waals surface area (Å²) in [7, 11) is 1.88. The molecule has 5 heteroatoms. The van der Waals surface area contributed by atoms with Crippen molar-refractivity contribution in [3.8, 4) is 5.69 Å². The number of hydrogen-bond donors (Lipinski definition) is 1. The number of hydrogen-bond acceptors (Lipinski definition) is 3. The molecule has 23 heavy (non-hydrogen) atoms. The zero-order chi connectivity index (χ0) is 16.2. The minimum atomic E-state index is 0.139. The van der Waals surface area contributed by atoms with Crippen LogP contribution in [0.2, 0.25) is 0 Å². The number of para-hydroxylation sites is 1. The Balaban J connectivity index is 1.63. The molecule has 1 saturated heterocycles. The van der Waals surface area contributed by atoms with Crippen LogP contribution in [0.25, 0.3) is 5.69 Å². The first-order valence-corrected chi connectivity index (χ1v) is 8.21. The molecule has 1 N–H and O–H groups in total. The maximum atomic E-state index is 12.6. The van der Waals surface area contributed by atoms with E-state index >= 15 is 0 Å². The molecule has 0 saturated carbocycles. The van der Waals surface area contributed by atoms with Gasteiger partial charge in [-0.25, -0.2) is 4.68 Å². The quantitative estimate of drug-likeness (QED) is 0.942. The second-order valence-corrected chi connectivity index (χ2v) is 6.40. The van der Waals surface area contributed by atoms with Gasteiger partial charge in [0.1, 0.15) is 0 Å². The largest absolute Gasteiger partial charge is 0.341 e. The first kappa shape index (κ1) is 15.7. The lowest BCUT2D eigenvalue weighted by molar-refractivity contribution is -0.135. The number of carbonyl (C=O) groups excluding carboxylic acids is 1. The van der Waals surface area contributed by atoms with Crippen LogP contribution >= 0.6 is 0 Å². The van der Waals surface area contributed by atoms with E-state index in [1.165, 1.54) is 0 Å². The molecule has 122 valence electrons. The molecule has 0 bridgehead atoms. The van der Waals surface area contributed by atoms with Gasteiger partial charge in [0, 0.05) is 37.3 Å². The van der Waals surface area contributed by atoms with E-state index in [1.807, 2.05) is 59.4 Å². The summed E-state index contributed by atoms with van der Waals surface area (Å²) in [5, 5.41) is 7.78. The van der Waals surface area contributed by atoms with Gasteiger partial charge < -0.3 is 10.2 Å². The van der Waals surface area contributed by atoms with Gasteiger partial charge in [-0.3, -0.25) is 4.79 Å². The third kappa shape index (κ3) is 3.79. The number of rotatable bonds is 4. The molecule has 2 aromatic rings. The zero-order valence-electron chi connectivity index (χ0n) is 13.8. The molecule has 2 atom stereocenters. The lowest BCUT2D eigenvalue weighted by Gasteiger charge is -2.30. The van der Waals surface area contributed by atoms with Gasteiger partial charge >= 0.3 is 0 Å². The normalized spacial score (nSPS) is 21.1. The summed E-state index contributed by atoms with van der Waals surface area (Å²) in [4.78, 5) is 14.4. The van der Waals surface area contributed by atoms with Crippen LogP contribution in [-0.2, 0) is 11.3 Å². The number of nitrogens with zero attached hydrogens (tertiary/aromatic N) is 3. The van der Waals surface area contributed by atoms with Gasteiger partial charge in [0.25, 0.3) is 0 Å². The van der Waals surface area contributed by atoms with E-state index in [2.05, 4.69) is 17.3 Å². The number of amides is 1. The van der Waals surface area contributed by atoms with Crippen LogP contribution < -0.4 is 5.32 Å². The molecule has 1 fully saturated rings. The molecular weight excluding hydrogens is 288 g/mol. The van der Waals surface area contributed by atoms with E-state index in [0.717, 1.165) is 30.6 Å². The Morgan fingerprint density at radius 3 is 2.91 bits per heavy atom. The molecule has 3 rings (SSSR count). The summed E-state index contributed by atoms with van der Waals surface area (Å²) in [6, 6.07) is 10.4. The van der Waals surface area contributed by atoms with Crippen molar-refractivity contribution < 1.29 is 4.79 Å². The van der Waals surface area contributed by atoms with E-state index in [-0.39, 0.29) is 11.8 Å². The lowest BCUT2D eigenvalue weighted by Crippen LogP contribution is -2.42. The molecule has 2 heterocycles. The Bertz CT molecular complexity index is 652. The predicted octanol–water partition coefficient (Wildman–Crippen LogP) is 2.22. The van der Waals surface area contributed by atoms with Gasteiger partial charge in [-0.05, 0) is 38.4 Å². The summed E-state index contributed by atoms with van der Waals surface area (Å²) in [6.45, 7) is 3.67. The second kappa shape index (κ2) is 6.96. The van der Waals surface area contributed by atoms with Gasteiger partial charge in [-0.1, -0.05) is 18.2 Å². The van der Waals surface area contributed by atoms with Crippen molar-refractivity contribution in [1.82, 2.24) is 20.0 Å². The molecule has 5 nitrogen and oxygen atoms in total. The van der Waals surface area contributed by atoms with Crippen molar-refractivity contribution in [2.24, 2.45) is 5.92 Å². The number of carbonyl (C=O) groups is 1. The Labute approximate surface area is 137 Å². The Kier molecular flexibility index (Phi) is 4.76. The third-order valence-corrected chi connectivity index (χ3v) is 4.43. The molecule has 1 aromatic heterocycles. The minimum absolute atomic E-state index is 0.139. The SMILES string of the molecule is C[C@H]1C[C@@H](C(=O)N(C)Cc2cnn(-c3ccccc3)c2)CCN1. The van der Waals surface area contributed by atoms with E-state index < -0.39 is 0 Å². The standard InChI is InChI=1S/C18H24N4O/c1-14-10-16(8-9-19-14)18(23)21(2)12-15-11-20-22(13-15)17-6-4-3-5-7-17/h3-7,11,13-14,16,19H,8-10,12H2,1-2H3/t14-,16-/m0/s1. The molecule has 1 amide bonds. The molecule has 0 radical (unpaired) electrons. The Morgan fingerprint density at radius 1 is 1.39 bits per heavy atom. The van der Waals surface area contributed by atoms with E-state index in [1.54, 1.807) is 0 Å². The summed E-state index contributed by atoms with van der Waals surface area (Å²) in [5.74, 6) is 0.381. The average molecular weight is 312 g/mol. The molecule has 1 aromatic carbocycles. The molecule has 0 unspecified atom stereocenters. The fourth-order valence-corrected chi connectivity index (χ4v) is 3.18. The van der Waals surface area contributed by atoms with E-state index in [4.69, 9.17) is 0 Å². The van der Waals surface area contributed by atoms with Crippen LogP contribution in [-0.4, -0.2) is 40.2 Å². The fraction of sp³-hybridized carbons (Fsp3) is 0.444. The van der Waals surface area contributed by atoms with Crippen molar-refractivity contribution in [3.63, 3.8) is 0 Å². The topological polar surface area (TPSA) is 50.2 Å². The van der Waals surface area contributed by atoms with Crippen molar-refractivity contribution in [3.05, 3.63) is 48.3 Å². The maximum Gasteiger partial charge on any atom is 0.225 e. The van der Waals surface area contributed by atoms with Gasteiger partial charge in [0.15, 0.2) is 0 Å². The number of nitrogens with one attached hydrogen (secondary N) is 1. The first-order valence-electron chi connectivity index (χ1n) is 8.21. The zero-order valence-corrected chi connectivity index (χ0v) is 13.8. The number of piperidine rings is 1. The highest BCUT2D eigenvalue weighted by Gasteiger charge is 2.27. The highest BCUT2D eigenvalue weighted by Crippen LogP contribution is 2.19. The fourth-order valence-electron chi connectivity index (χ4n) is 3.18. The summed E-state index contributed by atoms with van der Waals surface area (Å²) in [5.41, 5.74) is 2.08. The number of benzene rings is 1. The molecular formula is C18H24N4O. The van der Waals surface area contributed by atoms with Crippen molar-refractivity contribution >= 4 is 5.91 Å². The van der Waals surface area contributed by atoms with Crippen LogP contribution in [0.3, 0.4) is 0 Å². The van der Waals surface area contributed by atoms with Gasteiger partial charge in [-0.2, -0.15) is 5.10 Å². The Hall–Kier alpha value is -2.14. The van der Waals surface area contributed by atoms with E-state index in [0.29, 0.717) is 12.6 Å². The molecule has 1 aliphatic heterocycles. The highest BCUT2D eigenvalue weighted by atomic mass is 16.2. The smallest absolute Gasteiger partial charge is 0.225 e. The van der Waals surface area contributed by atoms with Crippen LogP contribution in [0.1, 0.15) is 25.3 Å². The van der Waals surface area contributed by atoms with Crippen molar-refractivity contribution in [1.29, 1.82) is 0 Å². The Morgan fingerprint density at radius 2 is 2.17 bits per heavy atom. The van der Waals surface area contributed by atoms with Crippen LogP contribution in [0.15, 0.2) is 42.7 Å². The summed E-state index contributed by atoms with van der Waals surface area (Å²) in [6.07, 6.45) is 5.68. The monoisotopic (exact) mass is 312 g/mol. The highest BCUT2D eigenvalue weighted by molar-refractivity contribution is 5.78. The van der Waals surface area contributed by atoms with Gasteiger partial charge in [0.05, 0.1) is 11.9 Å². The first-order chi connectivity index (χ1) is 11.1. The van der Waals surface area contributed by atoms with Crippen LogP contribution in [0.5, 0.6) is 0 Å². The maximum absolute atomic E-state index is 12.6. The van der Waals surface area contributed by atoms with Crippen LogP contribution in [0.4, 0.5) is 0 Å². The second-order valence-electron chi connectivity index (χ2n) is 6.40. The lowest BCUT2D eigenvalue weighted by atomic mass is 9.92. The van der Waals surface area contributed by atoms with Gasteiger partial charge in [0.2, 0.25) is 5.91 Å². The molecule has 0 aliphatic carbocycles. The molecule has 1 aliphatic rings.